The van der Waals surface area contributed by atoms with Gasteiger partial charge in [0.05, 0.1) is 6.54 Å². The number of hydrogen-bond donors (Lipinski definition) is 1. The summed E-state index contributed by atoms with van der Waals surface area (Å²) in [6.45, 7) is 6.58. The molecule has 0 amide bonds. The van der Waals surface area contributed by atoms with Crippen molar-refractivity contribution in [2.24, 2.45) is 10.7 Å². The average molecular weight is 277 g/mol. The molecule has 1 fully saturated rings. The maximum atomic E-state index is 13.1. The summed E-state index contributed by atoms with van der Waals surface area (Å²) in [7, 11) is 0. The minimum absolute atomic E-state index is 0.0610. The van der Waals surface area contributed by atoms with Gasteiger partial charge < -0.3 is 10.6 Å². The van der Waals surface area contributed by atoms with Crippen LogP contribution in [-0.2, 0) is 5.41 Å². The zero-order valence-corrected chi connectivity index (χ0v) is 12.4. The van der Waals surface area contributed by atoms with E-state index in [9.17, 15) is 4.39 Å². The van der Waals surface area contributed by atoms with Crippen LogP contribution in [0.5, 0.6) is 0 Å². The van der Waals surface area contributed by atoms with Gasteiger partial charge in [0.1, 0.15) is 5.82 Å². The molecular weight excluding hydrogens is 253 g/mol. The molecule has 0 aliphatic heterocycles. The summed E-state index contributed by atoms with van der Waals surface area (Å²) in [6, 6.07) is 6.84. The van der Waals surface area contributed by atoms with Crippen LogP contribution in [-0.4, -0.2) is 30.5 Å². The smallest absolute Gasteiger partial charge is 0.191 e. The second-order valence-corrected chi connectivity index (χ2v) is 5.49. The van der Waals surface area contributed by atoms with Gasteiger partial charge in [-0.15, -0.1) is 0 Å². The highest BCUT2D eigenvalue weighted by Crippen LogP contribution is 2.44. The first-order chi connectivity index (χ1) is 9.61. The Balaban J connectivity index is 2.12. The van der Waals surface area contributed by atoms with Gasteiger partial charge in [0, 0.05) is 18.5 Å². The average Bonchev–Trinajstić information content (AvgIpc) is 2.41. The van der Waals surface area contributed by atoms with E-state index >= 15 is 0 Å². The molecule has 1 aromatic carbocycles. The van der Waals surface area contributed by atoms with Gasteiger partial charge in [-0.1, -0.05) is 18.6 Å². The number of nitrogens with two attached hydrogens (primary N) is 1. The normalized spacial score (nSPS) is 17.6. The molecule has 1 aliphatic carbocycles. The first kappa shape index (κ1) is 14.8. The molecule has 1 aromatic rings. The molecule has 2 N–H and O–H groups in total. The zero-order chi connectivity index (χ0) is 14.6. The predicted octanol–water partition coefficient (Wildman–Crippen LogP) is 2.90. The number of nitrogens with zero attached hydrogens (tertiary/aromatic N) is 2. The molecule has 4 heteroatoms. The van der Waals surface area contributed by atoms with Gasteiger partial charge in [-0.3, -0.25) is 4.99 Å². The molecular formula is C16H24FN3. The maximum absolute atomic E-state index is 13.1. The van der Waals surface area contributed by atoms with Crippen molar-refractivity contribution >= 4 is 5.96 Å². The van der Waals surface area contributed by atoms with Crippen molar-refractivity contribution in [2.45, 2.75) is 38.5 Å². The Labute approximate surface area is 120 Å². The van der Waals surface area contributed by atoms with Crippen LogP contribution in [0, 0.1) is 5.82 Å². The lowest BCUT2D eigenvalue weighted by Gasteiger charge is -2.41. The molecule has 0 radical (unpaired) electrons. The fraction of sp³-hybridized carbons (Fsp3) is 0.562. The summed E-state index contributed by atoms with van der Waals surface area (Å²) >= 11 is 0. The number of hydrogen-bond acceptors (Lipinski definition) is 1. The summed E-state index contributed by atoms with van der Waals surface area (Å²) in [5.41, 5.74) is 7.29. The van der Waals surface area contributed by atoms with Crippen LogP contribution in [0.3, 0.4) is 0 Å². The molecule has 1 saturated carbocycles. The quantitative estimate of drug-likeness (QED) is 0.664. The van der Waals surface area contributed by atoms with Crippen LogP contribution >= 0.6 is 0 Å². The summed E-state index contributed by atoms with van der Waals surface area (Å²) in [5, 5.41) is 0. The van der Waals surface area contributed by atoms with Crippen molar-refractivity contribution in [1.29, 1.82) is 0 Å². The molecule has 0 bridgehead atoms. The number of aliphatic imine (C=N–C) groups is 1. The fourth-order valence-corrected chi connectivity index (χ4v) is 2.83. The SMILES string of the molecule is CCN(CC)C(N)=NCC1(c2ccc(F)cc2)CCC1. The molecule has 2 rings (SSSR count). The third kappa shape index (κ3) is 2.94. The Morgan fingerprint density at radius 3 is 2.30 bits per heavy atom. The molecule has 1 aliphatic rings. The van der Waals surface area contributed by atoms with Crippen LogP contribution in [0.2, 0.25) is 0 Å². The molecule has 0 aromatic heterocycles. The summed E-state index contributed by atoms with van der Waals surface area (Å²) < 4.78 is 13.1. The minimum Gasteiger partial charge on any atom is -0.370 e. The Morgan fingerprint density at radius 2 is 1.85 bits per heavy atom. The van der Waals surface area contributed by atoms with Gasteiger partial charge >= 0.3 is 0 Å². The third-order valence-corrected chi connectivity index (χ3v) is 4.40. The van der Waals surface area contributed by atoms with E-state index in [1.807, 2.05) is 12.1 Å². The lowest BCUT2D eigenvalue weighted by Crippen LogP contribution is -2.41. The molecule has 110 valence electrons. The van der Waals surface area contributed by atoms with Crippen molar-refractivity contribution < 1.29 is 4.39 Å². The van der Waals surface area contributed by atoms with Gasteiger partial charge in [-0.05, 0) is 44.4 Å². The first-order valence-corrected chi connectivity index (χ1v) is 7.42. The molecule has 0 unspecified atom stereocenters. The monoisotopic (exact) mass is 277 g/mol. The van der Waals surface area contributed by atoms with Gasteiger partial charge in [-0.2, -0.15) is 0 Å². The van der Waals surface area contributed by atoms with Crippen molar-refractivity contribution in [3.63, 3.8) is 0 Å². The van der Waals surface area contributed by atoms with Gasteiger partial charge in [0.2, 0.25) is 0 Å². The van der Waals surface area contributed by atoms with Gasteiger partial charge in [0.25, 0.3) is 0 Å². The molecule has 0 heterocycles. The fourth-order valence-electron chi connectivity index (χ4n) is 2.83. The summed E-state index contributed by atoms with van der Waals surface area (Å²) in [6.07, 6.45) is 3.42. The van der Waals surface area contributed by atoms with Crippen LogP contribution in [0.4, 0.5) is 4.39 Å². The molecule has 0 spiro atoms. The van der Waals surface area contributed by atoms with E-state index in [4.69, 9.17) is 5.73 Å². The van der Waals surface area contributed by atoms with E-state index in [1.165, 1.54) is 24.1 Å². The van der Waals surface area contributed by atoms with Gasteiger partial charge in [0.15, 0.2) is 5.96 Å². The maximum Gasteiger partial charge on any atom is 0.191 e. The largest absolute Gasteiger partial charge is 0.370 e. The Kier molecular flexibility index (Phi) is 4.63. The summed E-state index contributed by atoms with van der Waals surface area (Å²) in [4.78, 5) is 6.64. The van der Waals surface area contributed by atoms with Crippen LogP contribution in [0.25, 0.3) is 0 Å². The Bertz CT molecular complexity index is 459. The number of rotatable bonds is 5. The minimum atomic E-state index is -0.186. The molecule has 3 nitrogen and oxygen atoms in total. The molecule has 0 saturated heterocycles. The second kappa shape index (κ2) is 6.25. The number of guanidine groups is 1. The highest BCUT2D eigenvalue weighted by molar-refractivity contribution is 5.78. The van der Waals surface area contributed by atoms with Crippen molar-refractivity contribution in [3.8, 4) is 0 Å². The van der Waals surface area contributed by atoms with E-state index in [0.717, 1.165) is 25.9 Å². The van der Waals surface area contributed by atoms with E-state index in [0.29, 0.717) is 12.5 Å². The van der Waals surface area contributed by atoms with E-state index < -0.39 is 0 Å². The van der Waals surface area contributed by atoms with Gasteiger partial charge in [-0.25, -0.2) is 4.39 Å². The van der Waals surface area contributed by atoms with Crippen molar-refractivity contribution in [2.75, 3.05) is 19.6 Å². The Hall–Kier alpha value is -1.58. The standard InChI is InChI=1S/C16H24FN3/c1-3-20(4-2)15(18)19-12-16(10-5-11-16)13-6-8-14(17)9-7-13/h6-9H,3-5,10-12H2,1-2H3,(H2,18,19). The van der Waals surface area contributed by atoms with Crippen molar-refractivity contribution in [3.05, 3.63) is 35.6 Å². The zero-order valence-electron chi connectivity index (χ0n) is 12.4. The predicted molar refractivity (Wildman–Crippen MR) is 81.3 cm³/mol. The topological polar surface area (TPSA) is 41.6 Å². The van der Waals surface area contributed by atoms with Crippen LogP contribution in [0.15, 0.2) is 29.3 Å². The van der Waals surface area contributed by atoms with E-state index in [1.54, 1.807) is 0 Å². The molecule has 20 heavy (non-hydrogen) atoms. The van der Waals surface area contributed by atoms with E-state index in [2.05, 4.69) is 23.7 Å². The highest BCUT2D eigenvalue weighted by Gasteiger charge is 2.38. The first-order valence-electron chi connectivity index (χ1n) is 7.42. The Morgan fingerprint density at radius 1 is 1.25 bits per heavy atom. The van der Waals surface area contributed by atoms with Crippen molar-refractivity contribution in [1.82, 2.24) is 4.90 Å². The number of halogens is 1. The lowest BCUT2D eigenvalue weighted by atomic mass is 9.64. The highest BCUT2D eigenvalue weighted by atomic mass is 19.1. The van der Waals surface area contributed by atoms with Crippen LogP contribution < -0.4 is 5.73 Å². The lowest BCUT2D eigenvalue weighted by molar-refractivity contribution is 0.252. The number of benzene rings is 1. The van der Waals surface area contributed by atoms with E-state index in [-0.39, 0.29) is 11.2 Å². The third-order valence-electron chi connectivity index (χ3n) is 4.40. The summed E-state index contributed by atoms with van der Waals surface area (Å²) in [5.74, 6) is 0.428. The van der Waals surface area contributed by atoms with Crippen LogP contribution in [0.1, 0.15) is 38.7 Å². The second-order valence-electron chi connectivity index (χ2n) is 5.49. The molecule has 0 atom stereocenters.